The van der Waals surface area contributed by atoms with E-state index in [-0.39, 0.29) is 0 Å². The summed E-state index contributed by atoms with van der Waals surface area (Å²) in [6, 6.07) is -1.36. The van der Waals surface area contributed by atoms with Gasteiger partial charge in [-0.25, -0.2) is 4.18 Å². The molecule has 1 heterocycles. The minimum Gasteiger partial charge on any atom is -0.388 e. The van der Waals surface area contributed by atoms with Gasteiger partial charge >= 0.3 is 10.4 Å². The predicted molar refractivity (Wildman–Crippen MR) is 53.1 cm³/mol. The fourth-order valence-corrected chi connectivity index (χ4v) is 1.83. The normalized spacial score (nSPS) is 37.3. The molecule has 0 aromatic carbocycles. The summed E-state index contributed by atoms with van der Waals surface area (Å²) in [6.45, 7) is 1.10. The lowest BCUT2D eigenvalue weighted by Gasteiger charge is -2.39. The molecule has 10 nitrogen and oxygen atoms in total. The van der Waals surface area contributed by atoms with Gasteiger partial charge in [0, 0.05) is 6.92 Å². The molecule has 5 N–H and O–H groups in total. The average molecular weight is 287 g/mol. The molecule has 1 aliphatic rings. The van der Waals surface area contributed by atoms with Gasteiger partial charge in [-0.05, 0) is 0 Å². The number of carbonyl (C=O) groups is 1. The van der Waals surface area contributed by atoms with E-state index in [1.165, 1.54) is 0 Å². The topological polar surface area (TPSA) is 163 Å². The molecule has 1 rings (SSSR count). The molecule has 1 unspecified atom stereocenters. The SMILES string of the molecule is CC(=O)N[C@H]1C(O)O[C@@H](OS(=O)(=O)O)[C@@H](O)[C@@H]1O. The average Bonchev–Trinajstić information content (AvgIpc) is 2.18. The Morgan fingerprint density at radius 2 is 1.83 bits per heavy atom. The fourth-order valence-electron chi connectivity index (χ4n) is 1.44. The third kappa shape index (κ3) is 3.84. The summed E-state index contributed by atoms with van der Waals surface area (Å²) in [4.78, 5) is 10.8. The third-order valence-corrected chi connectivity index (χ3v) is 2.60. The smallest absolute Gasteiger partial charge is 0.388 e. The van der Waals surface area contributed by atoms with Crippen molar-refractivity contribution in [3.63, 3.8) is 0 Å². The van der Waals surface area contributed by atoms with Crippen LogP contribution < -0.4 is 5.32 Å². The van der Waals surface area contributed by atoms with Crippen molar-refractivity contribution in [3.05, 3.63) is 0 Å². The molecule has 1 aliphatic heterocycles. The quantitative estimate of drug-likeness (QED) is 0.335. The van der Waals surface area contributed by atoms with E-state index >= 15 is 0 Å². The molecule has 0 radical (unpaired) electrons. The molecule has 1 amide bonds. The molecule has 5 atom stereocenters. The maximum Gasteiger partial charge on any atom is 0.399 e. The number of ether oxygens (including phenoxy) is 1. The van der Waals surface area contributed by atoms with E-state index < -0.39 is 47.1 Å². The van der Waals surface area contributed by atoms with Crippen molar-refractivity contribution < 1.29 is 42.0 Å². The number of aliphatic hydroxyl groups excluding tert-OH is 3. The van der Waals surface area contributed by atoms with Crippen LogP contribution in [-0.4, -0.2) is 65.0 Å². The second-order valence-corrected chi connectivity index (χ2v) is 4.67. The lowest BCUT2D eigenvalue weighted by Crippen LogP contribution is -2.63. The van der Waals surface area contributed by atoms with Crippen LogP contribution in [0, 0.1) is 0 Å². The molecule has 0 bridgehead atoms. The van der Waals surface area contributed by atoms with Gasteiger partial charge in [0.15, 0.2) is 6.29 Å². The summed E-state index contributed by atoms with van der Waals surface area (Å²) in [7, 11) is -4.94. The fraction of sp³-hybridized carbons (Fsp3) is 0.857. The van der Waals surface area contributed by atoms with Gasteiger partial charge in [0.25, 0.3) is 0 Å². The first-order chi connectivity index (χ1) is 8.11. The Kier molecular flexibility index (Phi) is 4.61. The van der Waals surface area contributed by atoms with Crippen molar-refractivity contribution in [2.24, 2.45) is 0 Å². The van der Waals surface area contributed by atoms with Crippen molar-refractivity contribution in [2.75, 3.05) is 0 Å². The third-order valence-electron chi connectivity index (χ3n) is 2.16. The molecule has 0 saturated carbocycles. The van der Waals surface area contributed by atoms with Crippen LogP contribution in [-0.2, 0) is 24.1 Å². The van der Waals surface area contributed by atoms with Crippen LogP contribution in [0.25, 0.3) is 0 Å². The minimum atomic E-state index is -4.94. The van der Waals surface area contributed by atoms with Crippen LogP contribution in [0.5, 0.6) is 0 Å². The summed E-state index contributed by atoms with van der Waals surface area (Å²) in [5, 5.41) is 30.5. The van der Waals surface area contributed by atoms with Gasteiger partial charge in [-0.15, -0.1) is 0 Å². The summed E-state index contributed by atoms with van der Waals surface area (Å²) >= 11 is 0. The zero-order valence-electron chi connectivity index (χ0n) is 9.13. The van der Waals surface area contributed by atoms with Crippen LogP contribution in [0.3, 0.4) is 0 Å². The standard InChI is InChI=1S/C7H13NO9S/c1-2(9)8-3-4(10)5(11)7(16-6(3)12)17-18(13,14)15/h3-7,10-12H,1H3,(H,8,9)(H,13,14,15)/t3-,4-,5+,6?,7+/m1/s1. The van der Waals surface area contributed by atoms with Crippen LogP contribution in [0.15, 0.2) is 0 Å². The van der Waals surface area contributed by atoms with Crippen molar-refractivity contribution in [1.29, 1.82) is 0 Å². The Labute approximate surface area is 102 Å². The minimum absolute atomic E-state index is 0.608. The molecule has 0 spiro atoms. The summed E-state index contributed by atoms with van der Waals surface area (Å²) < 4.78 is 37.7. The molecule has 0 aliphatic carbocycles. The first kappa shape index (κ1) is 15.2. The van der Waals surface area contributed by atoms with E-state index in [0.29, 0.717) is 0 Å². The van der Waals surface area contributed by atoms with Crippen LogP contribution >= 0.6 is 0 Å². The highest BCUT2D eigenvalue weighted by Crippen LogP contribution is 2.21. The molecule has 0 aromatic heterocycles. The monoisotopic (exact) mass is 287 g/mol. The lowest BCUT2D eigenvalue weighted by molar-refractivity contribution is -0.295. The largest absolute Gasteiger partial charge is 0.399 e. The van der Waals surface area contributed by atoms with Gasteiger partial charge in [0.1, 0.15) is 18.2 Å². The maximum absolute atomic E-state index is 10.8. The van der Waals surface area contributed by atoms with Crippen molar-refractivity contribution in [2.45, 2.75) is 37.8 Å². The first-order valence-corrected chi connectivity index (χ1v) is 6.11. The Balaban J connectivity index is 2.79. The number of amides is 1. The lowest BCUT2D eigenvalue weighted by atomic mass is 10.0. The highest BCUT2D eigenvalue weighted by molar-refractivity contribution is 7.80. The van der Waals surface area contributed by atoms with Crippen LogP contribution in [0.2, 0.25) is 0 Å². The summed E-state index contributed by atoms with van der Waals surface area (Å²) in [5.41, 5.74) is 0. The zero-order chi connectivity index (χ0) is 14.1. The Hall–Kier alpha value is -0.820. The van der Waals surface area contributed by atoms with Gasteiger partial charge in [-0.3, -0.25) is 9.35 Å². The number of carbonyl (C=O) groups excluding carboxylic acids is 1. The molecule has 18 heavy (non-hydrogen) atoms. The zero-order valence-corrected chi connectivity index (χ0v) is 9.94. The second kappa shape index (κ2) is 5.44. The molecule has 106 valence electrons. The van der Waals surface area contributed by atoms with Crippen molar-refractivity contribution in [1.82, 2.24) is 5.32 Å². The van der Waals surface area contributed by atoms with E-state index in [1.807, 2.05) is 0 Å². The van der Waals surface area contributed by atoms with E-state index in [4.69, 9.17) is 4.55 Å². The molecule has 11 heteroatoms. The Bertz CT molecular complexity index is 409. The summed E-state index contributed by atoms with van der Waals surface area (Å²) in [5.74, 6) is -0.608. The number of rotatable bonds is 3. The predicted octanol–water partition coefficient (Wildman–Crippen LogP) is -3.29. The maximum atomic E-state index is 10.8. The Morgan fingerprint density at radius 1 is 1.28 bits per heavy atom. The second-order valence-electron chi connectivity index (χ2n) is 3.63. The van der Waals surface area contributed by atoms with Gasteiger partial charge in [0.05, 0.1) is 0 Å². The van der Waals surface area contributed by atoms with Gasteiger partial charge in [0.2, 0.25) is 12.2 Å². The molecule has 1 saturated heterocycles. The molecule has 0 aromatic rings. The van der Waals surface area contributed by atoms with Crippen LogP contribution in [0.4, 0.5) is 0 Å². The summed E-state index contributed by atoms with van der Waals surface area (Å²) in [6.07, 6.45) is -7.45. The molecule has 1 fully saturated rings. The van der Waals surface area contributed by atoms with E-state index in [1.54, 1.807) is 0 Å². The van der Waals surface area contributed by atoms with E-state index in [0.717, 1.165) is 6.92 Å². The van der Waals surface area contributed by atoms with Gasteiger partial charge in [-0.2, -0.15) is 8.42 Å². The first-order valence-electron chi connectivity index (χ1n) is 4.74. The van der Waals surface area contributed by atoms with E-state index in [2.05, 4.69) is 14.2 Å². The van der Waals surface area contributed by atoms with Crippen molar-refractivity contribution in [3.8, 4) is 0 Å². The Morgan fingerprint density at radius 3 is 2.28 bits per heavy atom. The van der Waals surface area contributed by atoms with E-state index in [9.17, 15) is 28.5 Å². The van der Waals surface area contributed by atoms with Gasteiger partial charge < -0.3 is 25.4 Å². The number of hydrogen-bond acceptors (Lipinski definition) is 8. The van der Waals surface area contributed by atoms with Gasteiger partial charge in [-0.1, -0.05) is 0 Å². The number of aliphatic hydroxyl groups is 3. The highest BCUT2D eigenvalue weighted by atomic mass is 32.3. The van der Waals surface area contributed by atoms with Crippen molar-refractivity contribution >= 4 is 16.3 Å². The molecular weight excluding hydrogens is 274 g/mol. The number of nitrogens with one attached hydrogen (secondary N) is 1. The highest BCUT2D eigenvalue weighted by Gasteiger charge is 2.46. The molecular formula is C7H13NO9S. The van der Waals surface area contributed by atoms with Crippen LogP contribution in [0.1, 0.15) is 6.92 Å². The number of hydrogen-bond donors (Lipinski definition) is 5.